The summed E-state index contributed by atoms with van der Waals surface area (Å²) in [4.78, 5) is 41.0. The summed E-state index contributed by atoms with van der Waals surface area (Å²) < 4.78 is 2.22. The lowest BCUT2D eigenvalue weighted by Crippen LogP contribution is -2.53. The van der Waals surface area contributed by atoms with Crippen molar-refractivity contribution in [1.29, 1.82) is 0 Å². The van der Waals surface area contributed by atoms with Gasteiger partial charge in [0, 0.05) is 55.7 Å². The van der Waals surface area contributed by atoms with Crippen LogP contribution >= 0.6 is 0 Å². The van der Waals surface area contributed by atoms with Crippen molar-refractivity contribution >= 4 is 17.6 Å². The highest BCUT2D eigenvalue weighted by Gasteiger charge is 2.31. The van der Waals surface area contributed by atoms with Crippen LogP contribution in [0.1, 0.15) is 40.2 Å². The van der Waals surface area contributed by atoms with Crippen molar-refractivity contribution in [3.63, 3.8) is 0 Å². The topological polar surface area (TPSA) is 74.7 Å². The number of nitrogens with zero attached hydrogens (tertiary/aromatic N) is 3. The minimum Gasteiger partial charge on any atom is -0.348 e. The van der Waals surface area contributed by atoms with Crippen molar-refractivity contribution in [3.05, 3.63) is 58.9 Å². The summed E-state index contributed by atoms with van der Waals surface area (Å²) in [6.45, 7) is 7.38. The second-order valence-electron chi connectivity index (χ2n) is 8.91. The first-order chi connectivity index (χ1) is 15.4. The normalized spacial score (nSPS) is 16.8. The number of aryl methyl sites for hydroxylation is 2. The van der Waals surface area contributed by atoms with Crippen LogP contribution in [0.25, 0.3) is 0 Å². The van der Waals surface area contributed by atoms with E-state index in [1.54, 1.807) is 4.90 Å². The number of ketones is 1. The van der Waals surface area contributed by atoms with Crippen molar-refractivity contribution in [2.75, 3.05) is 32.7 Å². The molecule has 0 spiro atoms. The maximum Gasteiger partial charge on any atom is 0.311 e. The Balaban J connectivity index is 1.29. The first-order valence-corrected chi connectivity index (χ1v) is 11.5. The van der Waals surface area contributed by atoms with Gasteiger partial charge in [0.25, 0.3) is 0 Å². The van der Waals surface area contributed by atoms with Gasteiger partial charge in [-0.2, -0.15) is 0 Å². The van der Waals surface area contributed by atoms with Crippen LogP contribution in [0.5, 0.6) is 0 Å². The highest BCUT2D eigenvalue weighted by molar-refractivity contribution is 6.35. The van der Waals surface area contributed by atoms with E-state index in [-0.39, 0.29) is 11.8 Å². The Morgan fingerprint density at radius 3 is 2.34 bits per heavy atom. The van der Waals surface area contributed by atoms with Crippen LogP contribution in [-0.4, -0.2) is 70.7 Å². The van der Waals surface area contributed by atoms with Crippen LogP contribution < -0.4 is 5.32 Å². The van der Waals surface area contributed by atoms with Crippen molar-refractivity contribution < 1.29 is 14.4 Å². The highest BCUT2D eigenvalue weighted by Crippen LogP contribution is 2.19. The molecule has 2 amide bonds. The number of aromatic nitrogens is 1. The molecule has 2 heterocycles. The molecule has 1 aromatic carbocycles. The molecule has 1 saturated heterocycles. The number of piperazine rings is 1. The largest absolute Gasteiger partial charge is 0.348 e. The van der Waals surface area contributed by atoms with E-state index in [4.69, 9.17) is 0 Å². The minimum atomic E-state index is -0.500. The number of carbonyl (C=O) groups is 3. The maximum absolute atomic E-state index is 13.0. The van der Waals surface area contributed by atoms with Gasteiger partial charge in [-0.05, 0) is 44.7 Å². The van der Waals surface area contributed by atoms with Crippen molar-refractivity contribution in [2.45, 2.75) is 45.7 Å². The fourth-order valence-corrected chi connectivity index (χ4v) is 4.33. The van der Waals surface area contributed by atoms with Crippen molar-refractivity contribution in [1.82, 2.24) is 19.7 Å². The maximum atomic E-state index is 13.0. The van der Waals surface area contributed by atoms with Crippen LogP contribution in [0.2, 0.25) is 0 Å². The summed E-state index contributed by atoms with van der Waals surface area (Å²) >= 11 is 0. The molecule has 32 heavy (non-hydrogen) atoms. The molecule has 7 heteroatoms. The third-order valence-electron chi connectivity index (χ3n) is 6.47. The molecule has 2 aromatic rings. The SMILES string of the molecule is Cc1cc(C(=O)CN2CCN(C(=O)C(=O)NC3CC3)CC2)c(C)n1CCc1ccccc1. The summed E-state index contributed by atoms with van der Waals surface area (Å²) in [6, 6.07) is 12.5. The van der Waals surface area contributed by atoms with Crippen molar-refractivity contribution in [2.24, 2.45) is 0 Å². The van der Waals surface area contributed by atoms with E-state index < -0.39 is 11.8 Å². The van der Waals surface area contributed by atoms with E-state index in [2.05, 4.69) is 26.9 Å². The third-order valence-corrected chi connectivity index (χ3v) is 6.47. The van der Waals surface area contributed by atoms with E-state index in [0.717, 1.165) is 42.8 Å². The molecule has 0 atom stereocenters. The second-order valence-corrected chi connectivity index (χ2v) is 8.91. The van der Waals surface area contributed by atoms with Gasteiger partial charge in [0.2, 0.25) is 0 Å². The van der Waals surface area contributed by atoms with Gasteiger partial charge in [-0.3, -0.25) is 19.3 Å². The number of amides is 2. The Bertz CT molecular complexity index is 986. The first-order valence-electron chi connectivity index (χ1n) is 11.5. The molecule has 1 aliphatic heterocycles. The molecule has 1 aromatic heterocycles. The van der Waals surface area contributed by atoms with Gasteiger partial charge in [-0.25, -0.2) is 0 Å². The van der Waals surface area contributed by atoms with Gasteiger partial charge in [0.15, 0.2) is 5.78 Å². The van der Waals surface area contributed by atoms with E-state index in [0.29, 0.717) is 32.7 Å². The molecule has 2 aliphatic rings. The number of hydrogen-bond donors (Lipinski definition) is 1. The fourth-order valence-electron chi connectivity index (χ4n) is 4.33. The third kappa shape index (κ3) is 5.27. The average molecular weight is 437 g/mol. The summed E-state index contributed by atoms with van der Waals surface area (Å²) in [5.74, 6) is -0.847. The molecular weight excluding hydrogens is 404 g/mol. The second kappa shape index (κ2) is 9.69. The van der Waals surface area contributed by atoms with Gasteiger partial charge >= 0.3 is 11.8 Å². The summed E-state index contributed by atoms with van der Waals surface area (Å²) in [7, 11) is 0. The smallest absolute Gasteiger partial charge is 0.311 e. The highest BCUT2D eigenvalue weighted by atomic mass is 16.2. The number of carbonyl (C=O) groups excluding carboxylic acids is 3. The van der Waals surface area contributed by atoms with Crippen LogP contribution in [0.3, 0.4) is 0 Å². The quantitative estimate of drug-likeness (QED) is 0.532. The lowest BCUT2D eigenvalue weighted by molar-refractivity contribution is -0.147. The summed E-state index contributed by atoms with van der Waals surface area (Å²) in [5.41, 5.74) is 4.16. The molecule has 1 N–H and O–H groups in total. The zero-order valence-electron chi connectivity index (χ0n) is 19.0. The Morgan fingerprint density at radius 2 is 1.69 bits per heavy atom. The predicted octanol–water partition coefficient (Wildman–Crippen LogP) is 1.95. The zero-order chi connectivity index (χ0) is 22.7. The first kappa shape index (κ1) is 22.3. The number of rotatable bonds is 7. The molecule has 7 nitrogen and oxygen atoms in total. The number of hydrogen-bond acceptors (Lipinski definition) is 4. The number of Topliss-reactive ketones (excluding diaryl/α,β-unsaturated/α-hetero) is 1. The van der Waals surface area contributed by atoms with Crippen LogP contribution in [0.4, 0.5) is 0 Å². The Kier molecular flexibility index (Phi) is 6.74. The number of benzene rings is 1. The number of nitrogens with one attached hydrogen (secondary N) is 1. The fraction of sp³-hybridized carbons (Fsp3) is 0.480. The van der Waals surface area contributed by atoms with Gasteiger partial charge in [0.05, 0.1) is 6.54 Å². The Morgan fingerprint density at radius 1 is 1.00 bits per heavy atom. The van der Waals surface area contributed by atoms with E-state index in [9.17, 15) is 14.4 Å². The lowest BCUT2D eigenvalue weighted by atomic mass is 10.1. The minimum absolute atomic E-state index is 0.107. The predicted molar refractivity (Wildman–Crippen MR) is 123 cm³/mol. The van der Waals surface area contributed by atoms with Crippen LogP contribution in [-0.2, 0) is 22.6 Å². The van der Waals surface area contributed by atoms with Gasteiger partial charge in [0.1, 0.15) is 0 Å². The molecule has 2 fully saturated rings. The van der Waals surface area contributed by atoms with E-state index in [1.165, 1.54) is 5.56 Å². The van der Waals surface area contributed by atoms with Crippen molar-refractivity contribution in [3.8, 4) is 0 Å². The summed E-state index contributed by atoms with van der Waals surface area (Å²) in [6.07, 6.45) is 2.85. The van der Waals surface area contributed by atoms with E-state index >= 15 is 0 Å². The molecular formula is C25H32N4O3. The molecule has 1 saturated carbocycles. The van der Waals surface area contributed by atoms with Gasteiger partial charge in [-0.15, -0.1) is 0 Å². The monoisotopic (exact) mass is 436 g/mol. The lowest BCUT2D eigenvalue weighted by Gasteiger charge is -2.33. The average Bonchev–Trinajstić information content (AvgIpc) is 3.56. The molecule has 0 unspecified atom stereocenters. The molecule has 1 aliphatic carbocycles. The van der Waals surface area contributed by atoms with Crippen LogP contribution in [0.15, 0.2) is 36.4 Å². The summed E-state index contributed by atoms with van der Waals surface area (Å²) in [5, 5.41) is 2.75. The van der Waals surface area contributed by atoms with Gasteiger partial charge in [-0.1, -0.05) is 30.3 Å². The van der Waals surface area contributed by atoms with E-state index in [1.807, 2.05) is 38.1 Å². The molecule has 0 radical (unpaired) electrons. The van der Waals surface area contributed by atoms with Crippen LogP contribution in [0, 0.1) is 13.8 Å². The standard InChI is InChI=1S/C25H32N4O3/c1-18-16-22(19(2)29(18)11-10-20-6-4-3-5-7-20)23(30)17-27-12-14-28(15-13-27)25(32)24(31)26-21-8-9-21/h3-7,16,21H,8-15,17H2,1-2H3,(H,26,31). The molecule has 170 valence electrons. The Hall–Kier alpha value is -2.93. The van der Waals surface area contributed by atoms with Gasteiger partial charge < -0.3 is 14.8 Å². The zero-order valence-corrected chi connectivity index (χ0v) is 19.0. The molecule has 0 bridgehead atoms. The molecule has 4 rings (SSSR count). The Labute approximate surface area is 189 Å².